The van der Waals surface area contributed by atoms with Crippen molar-refractivity contribution in [3.63, 3.8) is 0 Å². The van der Waals surface area contributed by atoms with Crippen LogP contribution in [0.4, 0.5) is 0 Å². The zero-order chi connectivity index (χ0) is 18.2. The van der Waals surface area contributed by atoms with Crippen LogP contribution >= 0.6 is 0 Å². The maximum Gasteiger partial charge on any atom is 0.310 e. The van der Waals surface area contributed by atoms with Gasteiger partial charge in [-0.25, -0.2) is 0 Å². The molecular weight excluding hydrogens is 322 g/mol. The van der Waals surface area contributed by atoms with E-state index in [2.05, 4.69) is 5.32 Å². The highest BCUT2D eigenvalue weighted by molar-refractivity contribution is 5.86. The van der Waals surface area contributed by atoms with Crippen LogP contribution in [0.25, 0.3) is 11.0 Å². The maximum absolute atomic E-state index is 12.3. The van der Waals surface area contributed by atoms with Crippen LogP contribution in [0.2, 0.25) is 0 Å². The number of amides is 1. The Morgan fingerprint density at radius 3 is 2.68 bits per heavy atom. The largest absolute Gasteiger partial charge is 0.497 e. The maximum atomic E-state index is 12.3. The van der Waals surface area contributed by atoms with Gasteiger partial charge in [0.25, 0.3) is 0 Å². The number of rotatable bonds is 6. The van der Waals surface area contributed by atoms with E-state index in [-0.39, 0.29) is 18.4 Å². The number of methoxy groups -OCH3 is 1. The summed E-state index contributed by atoms with van der Waals surface area (Å²) >= 11 is 0. The second-order valence-electron chi connectivity index (χ2n) is 6.86. The molecule has 1 aliphatic carbocycles. The Kier molecular flexibility index (Phi) is 4.45. The van der Waals surface area contributed by atoms with Crippen LogP contribution in [-0.4, -0.2) is 24.1 Å². The molecule has 134 valence electrons. The first-order valence-corrected chi connectivity index (χ1v) is 8.46. The number of nitrogens with one attached hydrogen (secondary N) is 1. The van der Waals surface area contributed by atoms with Gasteiger partial charge in [0.15, 0.2) is 0 Å². The molecule has 6 nitrogen and oxygen atoms in total. The van der Waals surface area contributed by atoms with Crippen LogP contribution in [0.3, 0.4) is 0 Å². The lowest BCUT2D eigenvalue weighted by molar-refractivity contribution is -0.157. The van der Waals surface area contributed by atoms with Crippen molar-refractivity contribution in [3.8, 4) is 5.75 Å². The molecule has 0 saturated heterocycles. The molecule has 25 heavy (non-hydrogen) atoms. The van der Waals surface area contributed by atoms with Crippen LogP contribution in [0.5, 0.6) is 5.75 Å². The van der Waals surface area contributed by atoms with E-state index in [0.717, 1.165) is 28.7 Å². The van der Waals surface area contributed by atoms with Crippen LogP contribution in [-0.2, 0) is 9.59 Å². The van der Waals surface area contributed by atoms with Crippen LogP contribution < -0.4 is 10.1 Å². The van der Waals surface area contributed by atoms with Gasteiger partial charge in [-0.2, -0.15) is 0 Å². The van der Waals surface area contributed by atoms with E-state index in [1.165, 1.54) is 0 Å². The average molecular weight is 345 g/mol. The fourth-order valence-electron chi connectivity index (χ4n) is 3.49. The van der Waals surface area contributed by atoms with Gasteiger partial charge in [0.2, 0.25) is 5.91 Å². The molecule has 1 aliphatic rings. The van der Waals surface area contributed by atoms with E-state index in [4.69, 9.17) is 9.15 Å². The van der Waals surface area contributed by atoms with E-state index in [1.807, 2.05) is 32.0 Å². The number of hydrogen-bond donors (Lipinski definition) is 2. The number of aliphatic carboxylic acids is 1. The minimum Gasteiger partial charge on any atom is -0.497 e. The molecule has 1 amide bonds. The first kappa shape index (κ1) is 17.3. The van der Waals surface area contributed by atoms with Crippen molar-refractivity contribution in [2.24, 2.45) is 5.41 Å². The fraction of sp³-hybridized carbons (Fsp3) is 0.474. The monoisotopic (exact) mass is 345 g/mol. The summed E-state index contributed by atoms with van der Waals surface area (Å²) in [6, 6.07) is 5.23. The highest BCUT2D eigenvalue weighted by Gasteiger charge is 2.46. The summed E-state index contributed by atoms with van der Waals surface area (Å²) in [5.41, 5.74) is 0.786. The summed E-state index contributed by atoms with van der Waals surface area (Å²) in [6.45, 7) is 3.78. The van der Waals surface area contributed by atoms with Gasteiger partial charge in [-0.15, -0.1) is 0 Å². The summed E-state index contributed by atoms with van der Waals surface area (Å²) in [4.78, 5) is 23.7. The van der Waals surface area contributed by atoms with Crippen molar-refractivity contribution in [3.05, 3.63) is 29.5 Å². The normalized spacial score (nSPS) is 16.9. The number of ether oxygens (including phenoxy) is 1. The van der Waals surface area contributed by atoms with E-state index in [0.29, 0.717) is 18.6 Å². The molecule has 0 spiro atoms. The molecule has 1 aromatic carbocycles. The van der Waals surface area contributed by atoms with Gasteiger partial charge in [0.1, 0.15) is 17.1 Å². The van der Waals surface area contributed by atoms with Crippen molar-refractivity contribution >= 4 is 22.8 Å². The Morgan fingerprint density at radius 1 is 1.40 bits per heavy atom. The van der Waals surface area contributed by atoms with Crippen molar-refractivity contribution < 1.29 is 23.8 Å². The summed E-state index contributed by atoms with van der Waals surface area (Å²) < 4.78 is 11.1. The molecule has 1 heterocycles. The SMILES string of the molecule is COc1ccc2oc(C(C)NC(=O)CC3(C(=O)O)CCC3)c(C)c2c1. The van der Waals surface area contributed by atoms with E-state index in [1.54, 1.807) is 7.11 Å². The molecule has 0 bridgehead atoms. The predicted molar refractivity (Wildman–Crippen MR) is 92.6 cm³/mol. The highest BCUT2D eigenvalue weighted by atomic mass is 16.5. The van der Waals surface area contributed by atoms with Crippen LogP contribution in [0.1, 0.15) is 50.0 Å². The molecule has 1 aromatic heterocycles. The Balaban J connectivity index is 1.76. The van der Waals surface area contributed by atoms with Crippen LogP contribution in [0.15, 0.2) is 22.6 Å². The molecule has 3 rings (SSSR count). The minimum absolute atomic E-state index is 0.0137. The van der Waals surface area contributed by atoms with Crippen molar-refractivity contribution in [1.29, 1.82) is 0 Å². The first-order valence-electron chi connectivity index (χ1n) is 8.46. The smallest absolute Gasteiger partial charge is 0.310 e. The van der Waals surface area contributed by atoms with Gasteiger partial charge in [-0.3, -0.25) is 9.59 Å². The molecular formula is C19H23NO5. The first-order chi connectivity index (χ1) is 11.9. The molecule has 1 saturated carbocycles. The van der Waals surface area contributed by atoms with Crippen LogP contribution in [0, 0.1) is 12.3 Å². The number of carbonyl (C=O) groups is 2. The standard InChI is InChI=1S/C19H23NO5/c1-11-14-9-13(24-3)5-6-15(14)25-17(11)12(2)20-16(21)10-19(18(22)23)7-4-8-19/h5-6,9,12H,4,7-8,10H2,1-3H3,(H,20,21)(H,22,23). The summed E-state index contributed by atoms with van der Waals surface area (Å²) in [5, 5.41) is 13.2. The Hall–Kier alpha value is -2.50. The lowest BCUT2D eigenvalue weighted by Gasteiger charge is -2.37. The fourth-order valence-corrected chi connectivity index (χ4v) is 3.49. The molecule has 1 unspecified atom stereocenters. The lowest BCUT2D eigenvalue weighted by Crippen LogP contribution is -2.43. The zero-order valence-corrected chi connectivity index (χ0v) is 14.7. The molecule has 1 fully saturated rings. The average Bonchev–Trinajstić information content (AvgIpc) is 2.87. The highest BCUT2D eigenvalue weighted by Crippen LogP contribution is 2.44. The van der Waals surface area contributed by atoms with Crippen molar-refractivity contribution in [1.82, 2.24) is 5.32 Å². The third-order valence-electron chi connectivity index (χ3n) is 5.21. The van der Waals surface area contributed by atoms with E-state index < -0.39 is 11.4 Å². The number of carbonyl (C=O) groups excluding carboxylic acids is 1. The number of carboxylic acid groups (broad SMARTS) is 1. The van der Waals surface area contributed by atoms with Crippen molar-refractivity contribution in [2.45, 2.75) is 45.6 Å². The number of aryl methyl sites for hydroxylation is 1. The number of furan rings is 1. The summed E-state index contributed by atoms with van der Waals surface area (Å²) in [7, 11) is 1.61. The molecule has 2 N–H and O–H groups in total. The molecule has 2 aromatic rings. The predicted octanol–water partition coefficient (Wildman–Crippen LogP) is 3.57. The van der Waals surface area contributed by atoms with Gasteiger partial charge in [-0.05, 0) is 44.9 Å². The van der Waals surface area contributed by atoms with Crippen molar-refractivity contribution in [2.75, 3.05) is 7.11 Å². The van der Waals surface area contributed by atoms with Gasteiger partial charge >= 0.3 is 5.97 Å². The summed E-state index contributed by atoms with van der Waals surface area (Å²) in [6.07, 6.45) is 2.00. The van der Waals surface area contributed by atoms with Gasteiger partial charge in [0, 0.05) is 17.4 Å². The number of carboxylic acids is 1. The van der Waals surface area contributed by atoms with Gasteiger partial charge in [-0.1, -0.05) is 6.42 Å². The Labute approximate surface area is 146 Å². The second-order valence-corrected chi connectivity index (χ2v) is 6.86. The zero-order valence-electron chi connectivity index (χ0n) is 14.7. The van der Waals surface area contributed by atoms with E-state index >= 15 is 0 Å². The molecule has 0 aliphatic heterocycles. The number of fused-ring (bicyclic) bond motifs is 1. The van der Waals surface area contributed by atoms with Gasteiger partial charge in [0.05, 0.1) is 18.6 Å². The lowest BCUT2D eigenvalue weighted by atomic mass is 9.66. The second kappa shape index (κ2) is 6.43. The Morgan fingerprint density at radius 2 is 2.12 bits per heavy atom. The molecule has 1 atom stereocenters. The number of hydrogen-bond acceptors (Lipinski definition) is 4. The summed E-state index contributed by atoms with van der Waals surface area (Å²) in [5.74, 6) is 0.281. The van der Waals surface area contributed by atoms with Gasteiger partial charge < -0.3 is 19.6 Å². The van der Waals surface area contributed by atoms with E-state index in [9.17, 15) is 14.7 Å². The minimum atomic E-state index is -0.889. The number of benzene rings is 1. The topological polar surface area (TPSA) is 88.8 Å². The third kappa shape index (κ3) is 3.08. The molecule has 0 radical (unpaired) electrons. The Bertz CT molecular complexity index is 819. The quantitative estimate of drug-likeness (QED) is 0.835. The third-order valence-corrected chi connectivity index (χ3v) is 5.21. The molecule has 6 heteroatoms.